The monoisotopic (exact) mass is 237 g/mol. The summed E-state index contributed by atoms with van der Waals surface area (Å²) in [5.41, 5.74) is 0.476. The van der Waals surface area contributed by atoms with E-state index in [2.05, 4.69) is 36.7 Å². The number of rotatable bonds is 6. The van der Waals surface area contributed by atoms with Gasteiger partial charge in [-0.3, -0.25) is 0 Å². The van der Waals surface area contributed by atoms with Gasteiger partial charge in [0, 0.05) is 16.8 Å². The highest BCUT2D eigenvalue weighted by Crippen LogP contribution is 2.50. The van der Waals surface area contributed by atoms with E-state index in [1.165, 1.54) is 32.2 Å². The predicted molar refractivity (Wildman–Crippen MR) is 72.2 cm³/mol. The summed E-state index contributed by atoms with van der Waals surface area (Å²) < 4.78 is 0. The molecule has 0 aliphatic heterocycles. The summed E-state index contributed by atoms with van der Waals surface area (Å²) in [5, 5.41) is 5.77. The standard InChI is InChI=1S/C14H23NS/c1-3-6-12-9-14(10-12,11-15-4-2)13-7-5-8-16-13/h5,7-8,12,15H,3-4,6,9-11H2,1-2H3. The van der Waals surface area contributed by atoms with Crippen molar-refractivity contribution in [1.29, 1.82) is 0 Å². The van der Waals surface area contributed by atoms with Crippen molar-refractivity contribution in [3.8, 4) is 0 Å². The SMILES string of the molecule is CCCC1CC(CNCC)(c2cccs2)C1. The molecule has 1 aliphatic carbocycles. The molecule has 0 atom stereocenters. The summed E-state index contributed by atoms with van der Waals surface area (Å²) in [6.07, 6.45) is 5.55. The molecule has 0 bridgehead atoms. The second kappa shape index (κ2) is 5.33. The van der Waals surface area contributed by atoms with Gasteiger partial charge in [0.25, 0.3) is 0 Å². The third kappa shape index (κ3) is 2.33. The Morgan fingerprint density at radius 2 is 2.25 bits per heavy atom. The van der Waals surface area contributed by atoms with Crippen molar-refractivity contribution in [3.05, 3.63) is 22.4 Å². The lowest BCUT2D eigenvalue weighted by molar-refractivity contribution is 0.133. The first kappa shape index (κ1) is 12.1. The molecule has 1 heterocycles. The second-order valence-corrected chi connectivity index (χ2v) is 6.05. The zero-order valence-corrected chi connectivity index (χ0v) is 11.3. The number of nitrogens with one attached hydrogen (secondary N) is 1. The van der Waals surface area contributed by atoms with Crippen LogP contribution in [0.5, 0.6) is 0 Å². The number of thiophene rings is 1. The highest BCUT2D eigenvalue weighted by molar-refractivity contribution is 7.10. The second-order valence-electron chi connectivity index (χ2n) is 5.10. The maximum atomic E-state index is 3.55. The summed E-state index contributed by atoms with van der Waals surface area (Å²) in [7, 11) is 0. The molecule has 2 rings (SSSR count). The van der Waals surface area contributed by atoms with Gasteiger partial charge in [0.2, 0.25) is 0 Å². The van der Waals surface area contributed by atoms with Crippen LogP contribution in [0.4, 0.5) is 0 Å². The van der Waals surface area contributed by atoms with Crippen LogP contribution in [0.2, 0.25) is 0 Å². The smallest absolute Gasteiger partial charge is 0.0177 e. The number of likely N-dealkylation sites (N-methyl/N-ethyl adjacent to an activating group) is 1. The van der Waals surface area contributed by atoms with Crippen molar-refractivity contribution in [1.82, 2.24) is 5.32 Å². The van der Waals surface area contributed by atoms with Crippen molar-refractivity contribution >= 4 is 11.3 Å². The highest BCUT2D eigenvalue weighted by Gasteiger charge is 2.44. The first-order valence-electron chi connectivity index (χ1n) is 6.55. The van der Waals surface area contributed by atoms with Gasteiger partial charge in [-0.2, -0.15) is 0 Å². The van der Waals surface area contributed by atoms with Gasteiger partial charge in [0.05, 0.1) is 0 Å². The van der Waals surface area contributed by atoms with Crippen LogP contribution in [0.25, 0.3) is 0 Å². The van der Waals surface area contributed by atoms with Crippen LogP contribution in [0, 0.1) is 5.92 Å². The van der Waals surface area contributed by atoms with Gasteiger partial charge in [-0.25, -0.2) is 0 Å². The van der Waals surface area contributed by atoms with Gasteiger partial charge >= 0.3 is 0 Å². The van der Waals surface area contributed by atoms with Crippen molar-refractivity contribution in [3.63, 3.8) is 0 Å². The molecule has 0 saturated heterocycles. The molecular formula is C14H23NS. The van der Waals surface area contributed by atoms with E-state index in [0.717, 1.165) is 12.5 Å². The first-order chi connectivity index (χ1) is 7.80. The molecule has 0 amide bonds. The molecule has 0 unspecified atom stereocenters. The number of hydrogen-bond acceptors (Lipinski definition) is 2. The topological polar surface area (TPSA) is 12.0 Å². The molecule has 1 aliphatic rings. The molecule has 16 heavy (non-hydrogen) atoms. The Morgan fingerprint density at radius 3 is 2.81 bits per heavy atom. The minimum absolute atomic E-state index is 0.476. The number of hydrogen-bond donors (Lipinski definition) is 1. The minimum atomic E-state index is 0.476. The lowest BCUT2D eigenvalue weighted by atomic mass is 9.60. The van der Waals surface area contributed by atoms with E-state index in [0.29, 0.717) is 5.41 Å². The van der Waals surface area contributed by atoms with Crippen LogP contribution < -0.4 is 5.32 Å². The Bertz CT molecular complexity index is 299. The third-order valence-electron chi connectivity index (χ3n) is 3.81. The molecule has 90 valence electrons. The lowest BCUT2D eigenvalue weighted by Gasteiger charge is -2.48. The lowest BCUT2D eigenvalue weighted by Crippen LogP contribution is -2.48. The first-order valence-corrected chi connectivity index (χ1v) is 7.43. The Kier molecular flexibility index (Phi) is 4.04. The van der Waals surface area contributed by atoms with Crippen molar-refractivity contribution in [2.75, 3.05) is 13.1 Å². The van der Waals surface area contributed by atoms with E-state index >= 15 is 0 Å². The van der Waals surface area contributed by atoms with Gasteiger partial charge in [-0.15, -0.1) is 11.3 Å². The van der Waals surface area contributed by atoms with Crippen molar-refractivity contribution in [2.24, 2.45) is 5.92 Å². The quantitative estimate of drug-likeness (QED) is 0.793. The molecule has 0 spiro atoms. The molecular weight excluding hydrogens is 214 g/mol. The van der Waals surface area contributed by atoms with Crippen LogP contribution in [0.1, 0.15) is 44.4 Å². The van der Waals surface area contributed by atoms with Gasteiger partial charge in [-0.1, -0.05) is 32.8 Å². The maximum Gasteiger partial charge on any atom is 0.0177 e. The Morgan fingerprint density at radius 1 is 1.44 bits per heavy atom. The van der Waals surface area contributed by atoms with Crippen molar-refractivity contribution < 1.29 is 0 Å². The summed E-state index contributed by atoms with van der Waals surface area (Å²) in [6.45, 7) is 6.76. The largest absolute Gasteiger partial charge is 0.316 e. The molecule has 0 radical (unpaired) electrons. The summed E-state index contributed by atoms with van der Waals surface area (Å²) in [5.74, 6) is 0.978. The molecule has 1 aromatic rings. The van der Waals surface area contributed by atoms with Crippen LogP contribution in [-0.4, -0.2) is 13.1 Å². The zero-order chi connectivity index (χ0) is 11.4. The van der Waals surface area contributed by atoms with Gasteiger partial charge in [0.15, 0.2) is 0 Å². The van der Waals surface area contributed by atoms with Crippen LogP contribution in [0.3, 0.4) is 0 Å². The van der Waals surface area contributed by atoms with Gasteiger partial charge in [-0.05, 0) is 36.8 Å². The van der Waals surface area contributed by atoms with Crippen molar-refractivity contribution in [2.45, 2.75) is 44.9 Å². The summed E-state index contributed by atoms with van der Waals surface area (Å²) in [6, 6.07) is 4.52. The van der Waals surface area contributed by atoms with Crippen LogP contribution >= 0.6 is 11.3 Å². The maximum absolute atomic E-state index is 3.55. The van der Waals surface area contributed by atoms with E-state index < -0.39 is 0 Å². The minimum Gasteiger partial charge on any atom is -0.316 e. The molecule has 2 heteroatoms. The Balaban J connectivity index is 2.00. The molecule has 1 aromatic heterocycles. The van der Waals surface area contributed by atoms with E-state index in [1.54, 1.807) is 4.88 Å². The van der Waals surface area contributed by atoms with E-state index in [-0.39, 0.29) is 0 Å². The van der Waals surface area contributed by atoms with Gasteiger partial charge in [0.1, 0.15) is 0 Å². The fourth-order valence-electron chi connectivity index (χ4n) is 3.04. The predicted octanol–water partition coefficient (Wildman–Crippen LogP) is 3.81. The molecule has 1 fully saturated rings. The average Bonchev–Trinajstić information content (AvgIpc) is 2.75. The normalized spacial score (nSPS) is 29.0. The fourth-order valence-corrected chi connectivity index (χ4v) is 3.98. The van der Waals surface area contributed by atoms with E-state index in [4.69, 9.17) is 0 Å². The fraction of sp³-hybridized carbons (Fsp3) is 0.714. The third-order valence-corrected chi connectivity index (χ3v) is 4.93. The van der Waals surface area contributed by atoms with Crippen LogP contribution in [-0.2, 0) is 5.41 Å². The molecule has 1 saturated carbocycles. The average molecular weight is 237 g/mol. The molecule has 1 nitrogen and oxygen atoms in total. The Labute approximate surface area is 103 Å². The highest BCUT2D eigenvalue weighted by atomic mass is 32.1. The summed E-state index contributed by atoms with van der Waals surface area (Å²) >= 11 is 1.94. The van der Waals surface area contributed by atoms with E-state index in [9.17, 15) is 0 Å². The van der Waals surface area contributed by atoms with Gasteiger partial charge < -0.3 is 5.32 Å². The molecule has 0 aromatic carbocycles. The van der Waals surface area contributed by atoms with E-state index in [1.807, 2.05) is 11.3 Å². The zero-order valence-electron chi connectivity index (χ0n) is 10.5. The Hall–Kier alpha value is -0.340. The van der Waals surface area contributed by atoms with Crippen LogP contribution in [0.15, 0.2) is 17.5 Å². The molecule has 1 N–H and O–H groups in total. The summed E-state index contributed by atoms with van der Waals surface area (Å²) in [4.78, 5) is 1.60.